The molecule has 0 aliphatic rings. The van der Waals surface area contributed by atoms with E-state index < -0.39 is 0 Å². The van der Waals surface area contributed by atoms with Gasteiger partial charge in [-0.15, -0.1) is 0 Å². The molecule has 3 aromatic carbocycles. The quantitative estimate of drug-likeness (QED) is 0.289. The third-order valence-electron chi connectivity index (χ3n) is 5.53. The van der Waals surface area contributed by atoms with Gasteiger partial charge in [-0.1, -0.05) is 53.5 Å². The number of nitrogens with zero attached hydrogens (tertiary/aromatic N) is 3. The fraction of sp³-hybridized carbons (Fsp3) is 0.0385. The van der Waals surface area contributed by atoms with E-state index in [4.69, 9.17) is 32.9 Å². The molecule has 2 heterocycles. The van der Waals surface area contributed by atoms with Crippen LogP contribution in [0.15, 0.2) is 66.7 Å². The SMILES string of the molecule is COc1ccc(-c2c(C#N)c(-c3ccc(Cl)cc3)nc3n[nH]c(-c4ccc(Cl)cc4)c23)cc1O. The number of fused-ring (bicyclic) bond motifs is 1. The second-order valence-corrected chi connectivity index (χ2v) is 8.39. The maximum absolute atomic E-state index is 10.5. The minimum atomic E-state index is -0.0431. The van der Waals surface area contributed by atoms with Crippen molar-refractivity contribution in [2.45, 2.75) is 0 Å². The number of pyridine rings is 1. The Labute approximate surface area is 205 Å². The summed E-state index contributed by atoms with van der Waals surface area (Å²) in [6, 6.07) is 21.7. The highest BCUT2D eigenvalue weighted by Crippen LogP contribution is 2.42. The van der Waals surface area contributed by atoms with Gasteiger partial charge >= 0.3 is 0 Å². The molecule has 0 saturated carbocycles. The number of aromatic amines is 1. The topological polar surface area (TPSA) is 94.8 Å². The minimum absolute atomic E-state index is 0.0431. The van der Waals surface area contributed by atoms with Gasteiger partial charge < -0.3 is 9.84 Å². The molecule has 166 valence electrons. The molecule has 5 aromatic rings. The second-order valence-electron chi connectivity index (χ2n) is 7.52. The average Bonchev–Trinajstić information content (AvgIpc) is 3.27. The van der Waals surface area contributed by atoms with Crippen molar-refractivity contribution in [3.8, 4) is 51.2 Å². The van der Waals surface area contributed by atoms with E-state index in [0.29, 0.717) is 54.9 Å². The maximum Gasteiger partial charge on any atom is 0.182 e. The van der Waals surface area contributed by atoms with Crippen LogP contribution in [0.1, 0.15) is 5.56 Å². The molecule has 0 atom stereocenters. The number of phenols is 1. The molecule has 0 spiro atoms. The zero-order chi connectivity index (χ0) is 23.8. The van der Waals surface area contributed by atoms with Crippen molar-refractivity contribution in [2.24, 2.45) is 0 Å². The molecule has 0 bridgehead atoms. The molecule has 2 aromatic heterocycles. The van der Waals surface area contributed by atoms with Crippen molar-refractivity contribution in [1.29, 1.82) is 5.26 Å². The maximum atomic E-state index is 10.5. The van der Waals surface area contributed by atoms with Gasteiger partial charge in [0.2, 0.25) is 0 Å². The van der Waals surface area contributed by atoms with Gasteiger partial charge in [0.05, 0.1) is 29.4 Å². The monoisotopic (exact) mass is 486 g/mol. The Morgan fingerprint density at radius 1 is 0.912 bits per heavy atom. The molecule has 6 nitrogen and oxygen atoms in total. The summed E-state index contributed by atoms with van der Waals surface area (Å²) in [5.41, 5.74) is 4.68. The number of aromatic hydroxyl groups is 1. The molecule has 0 aliphatic carbocycles. The number of halogens is 2. The van der Waals surface area contributed by atoms with E-state index in [1.165, 1.54) is 7.11 Å². The van der Waals surface area contributed by atoms with Gasteiger partial charge in [0, 0.05) is 26.7 Å². The first-order valence-electron chi connectivity index (χ1n) is 10.2. The second kappa shape index (κ2) is 8.71. The molecule has 0 amide bonds. The number of H-pyrrole nitrogens is 1. The summed E-state index contributed by atoms with van der Waals surface area (Å²) < 4.78 is 5.20. The van der Waals surface area contributed by atoms with E-state index >= 15 is 0 Å². The van der Waals surface area contributed by atoms with E-state index in [-0.39, 0.29) is 5.75 Å². The molecule has 0 fully saturated rings. The molecule has 5 rings (SSSR count). The fourth-order valence-electron chi connectivity index (χ4n) is 3.94. The van der Waals surface area contributed by atoms with Crippen LogP contribution in [0.2, 0.25) is 10.0 Å². The van der Waals surface area contributed by atoms with Crippen LogP contribution in [0.4, 0.5) is 0 Å². The minimum Gasteiger partial charge on any atom is -0.504 e. The highest BCUT2D eigenvalue weighted by atomic mass is 35.5. The zero-order valence-corrected chi connectivity index (χ0v) is 19.3. The van der Waals surface area contributed by atoms with Crippen LogP contribution in [0.3, 0.4) is 0 Å². The normalized spacial score (nSPS) is 10.9. The number of rotatable bonds is 4. The Kier molecular flexibility index (Phi) is 5.58. The van der Waals surface area contributed by atoms with Gasteiger partial charge in [-0.05, 0) is 42.0 Å². The number of nitriles is 1. The number of benzene rings is 3. The van der Waals surface area contributed by atoms with Gasteiger partial charge in [-0.2, -0.15) is 10.4 Å². The van der Waals surface area contributed by atoms with Crippen molar-refractivity contribution >= 4 is 34.2 Å². The summed E-state index contributed by atoms with van der Waals surface area (Å²) in [7, 11) is 1.48. The lowest BCUT2D eigenvalue weighted by molar-refractivity contribution is 0.373. The molecule has 2 N–H and O–H groups in total. The first kappa shape index (κ1) is 21.8. The third kappa shape index (κ3) is 3.71. The van der Waals surface area contributed by atoms with Gasteiger partial charge in [0.15, 0.2) is 17.1 Å². The molecular formula is C26H16Cl2N4O2. The van der Waals surface area contributed by atoms with E-state index in [0.717, 1.165) is 11.1 Å². The van der Waals surface area contributed by atoms with Crippen LogP contribution in [-0.4, -0.2) is 27.4 Å². The Morgan fingerprint density at radius 2 is 1.53 bits per heavy atom. The standard InChI is InChI=1S/C26H16Cl2N4O2/c1-34-21-11-6-16(12-20(21)33)22-19(13-29)24(14-2-7-17(27)8-3-14)30-26-23(22)25(31-32-26)15-4-9-18(28)10-5-15/h2-12,33H,1H3,(H,30,31,32). The van der Waals surface area contributed by atoms with Crippen molar-refractivity contribution in [3.63, 3.8) is 0 Å². The average molecular weight is 487 g/mol. The Morgan fingerprint density at radius 3 is 2.12 bits per heavy atom. The number of phenolic OH excluding ortho intramolecular Hbond substituents is 1. The highest BCUT2D eigenvalue weighted by Gasteiger charge is 2.23. The lowest BCUT2D eigenvalue weighted by Gasteiger charge is -2.13. The van der Waals surface area contributed by atoms with Crippen LogP contribution < -0.4 is 4.74 Å². The third-order valence-corrected chi connectivity index (χ3v) is 6.04. The summed E-state index contributed by atoms with van der Waals surface area (Å²) in [4.78, 5) is 4.73. The largest absolute Gasteiger partial charge is 0.504 e. The zero-order valence-electron chi connectivity index (χ0n) is 17.8. The lowest BCUT2D eigenvalue weighted by Crippen LogP contribution is -1.97. The Balaban J connectivity index is 1.88. The number of ether oxygens (including phenoxy) is 1. The van der Waals surface area contributed by atoms with E-state index in [1.54, 1.807) is 54.6 Å². The molecule has 0 aliphatic heterocycles. The van der Waals surface area contributed by atoms with Crippen LogP contribution in [0.25, 0.3) is 44.7 Å². The van der Waals surface area contributed by atoms with Crippen molar-refractivity contribution in [3.05, 3.63) is 82.3 Å². The Bertz CT molecular complexity index is 1570. The predicted octanol–water partition coefficient (Wildman–Crippen LogP) is 6.85. The first-order chi connectivity index (χ1) is 16.5. The number of hydrogen-bond acceptors (Lipinski definition) is 5. The number of methoxy groups -OCH3 is 1. The van der Waals surface area contributed by atoms with Crippen molar-refractivity contribution < 1.29 is 9.84 Å². The lowest BCUT2D eigenvalue weighted by atomic mass is 9.92. The summed E-state index contributed by atoms with van der Waals surface area (Å²) in [5.74, 6) is 0.286. The van der Waals surface area contributed by atoms with Gasteiger partial charge in [0.25, 0.3) is 0 Å². The van der Waals surface area contributed by atoms with Gasteiger partial charge in [-0.25, -0.2) is 4.98 Å². The number of nitrogens with one attached hydrogen (secondary N) is 1. The summed E-state index contributed by atoms with van der Waals surface area (Å²) in [6.45, 7) is 0. The summed E-state index contributed by atoms with van der Waals surface area (Å²) >= 11 is 12.2. The summed E-state index contributed by atoms with van der Waals surface area (Å²) in [5, 5.41) is 30.1. The molecule has 8 heteroatoms. The number of hydrogen-bond donors (Lipinski definition) is 2. The van der Waals surface area contributed by atoms with E-state index in [9.17, 15) is 10.4 Å². The highest BCUT2D eigenvalue weighted by molar-refractivity contribution is 6.31. The van der Waals surface area contributed by atoms with Crippen LogP contribution in [0, 0.1) is 11.3 Å². The molecule has 0 radical (unpaired) electrons. The van der Waals surface area contributed by atoms with Crippen molar-refractivity contribution in [2.75, 3.05) is 7.11 Å². The van der Waals surface area contributed by atoms with Crippen LogP contribution in [-0.2, 0) is 0 Å². The molecule has 34 heavy (non-hydrogen) atoms. The molecule has 0 unspecified atom stereocenters. The number of aromatic nitrogens is 3. The van der Waals surface area contributed by atoms with Crippen LogP contribution >= 0.6 is 23.2 Å². The smallest absolute Gasteiger partial charge is 0.182 e. The Hall–Kier alpha value is -4.05. The first-order valence-corrected chi connectivity index (χ1v) is 11.0. The molecule has 0 saturated heterocycles. The van der Waals surface area contributed by atoms with Gasteiger partial charge in [-0.3, -0.25) is 5.10 Å². The van der Waals surface area contributed by atoms with E-state index in [2.05, 4.69) is 16.3 Å². The van der Waals surface area contributed by atoms with Crippen molar-refractivity contribution in [1.82, 2.24) is 15.2 Å². The summed E-state index contributed by atoms with van der Waals surface area (Å²) in [6.07, 6.45) is 0. The molecular weight excluding hydrogens is 471 g/mol. The van der Waals surface area contributed by atoms with Gasteiger partial charge in [0.1, 0.15) is 6.07 Å². The van der Waals surface area contributed by atoms with E-state index in [1.807, 2.05) is 12.1 Å². The van der Waals surface area contributed by atoms with Crippen LogP contribution in [0.5, 0.6) is 11.5 Å². The predicted molar refractivity (Wildman–Crippen MR) is 133 cm³/mol. The fourth-order valence-corrected chi connectivity index (χ4v) is 4.19.